The summed E-state index contributed by atoms with van der Waals surface area (Å²) in [5, 5.41) is 2.96. The van der Waals surface area contributed by atoms with Crippen LogP contribution in [0.15, 0.2) is 12.7 Å². The second-order valence-corrected chi connectivity index (χ2v) is 1.37. The van der Waals surface area contributed by atoms with Crippen LogP contribution in [0.2, 0.25) is 0 Å². The summed E-state index contributed by atoms with van der Waals surface area (Å²) in [7, 11) is 1.86. The van der Waals surface area contributed by atoms with Crippen molar-refractivity contribution in [2.45, 2.75) is 6.04 Å². The van der Waals surface area contributed by atoms with E-state index in [1.807, 2.05) is 7.05 Å². The Hall–Kier alpha value is -0.340. The largest absolute Gasteiger partial charge is 0.329 e. The molecule has 42 valence electrons. The smallest absolute Gasteiger partial charge is 0.0368 e. The molecule has 0 aliphatic heterocycles. The highest BCUT2D eigenvalue weighted by Gasteiger charge is 1.90. The van der Waals surface area contributed by atoms with E-state index in [9.17, 15) is 0 Å². The zero-order valence-electron chi connectivity index (χ0n) is 4.65. The zero-order valence-corrected chi connectivity index (χ0v) is 4.65. The molecule has 0 radical (unpaired) electrons. The van der Waals surface area contributed by atoms with Crippen molar-refractivity contribution in [2.24, 2.45) is 5.73 Å². The van der Waals surface area contributed by atoms with E-state index in [1.54, 1.807) is 6.08 Å². The summed E-state index contributed by atoms with van der Waals surface area (Å²) in [5.41, 5.74) is 5.26. The van der Waals surface area contributed by atoms with E-state index in [4.69, 9.17) is 5.73 Å². The second-order valence-electron chi connectivity index (χ2n) is 1.37. The first-order valence-corrected chi connectivity index (χ1v) is 2.35. The molecule has 0 saturated heterocycles. The molecule has 0 aromatic heterocycles. The summed E-state index contributed by atoms with van der Waals surface area (Å²) in [6, 6.07) is 0.278. The van der Waals surface area contributed by atoms with Crippen molar-refractivity contribution in [3.8, 4) is 0 Å². The van der Waals surface area contributed by atoms with Gasteiger partial charge in [0, 0.05) is 12.6 Å². The van der Waals surface area contributed by atoms with E-state index in [0.29, 0.717) is 6.54 Å². The summed E-state index contributed by atoms with van der Waals surface area (Å²) < 4.78 is 0. The van der Waals surface area contributed by atoms with Gasteiger partial charge in [-0.1, -0.05) is 6.08 Å². The van der Waals surface area contributed by atoms with Gasteiger partial charge >= 0.3 is 0 Å². The predicted molar refractivity (Wildman–Crippen MR) is 32.1 cm³/mol. The van der Waals surface area contributed by atoms with Gasteiger partial charge in [-0.25, -0.2) is 0 Å². The fraction of sp³-hybridized carbons (Fsp3) is 0.600. The quantitative estimate of drug-likeness (QED) is 0.479. The lowest BCUT2D eigenvalue weighted by Gasteiger charge is -2.04. The minimum atomic E-state index is 0.278. The van der Waals surface area contributed by atoms with E-state index in [-0.39, 0.29) is 6.04 Å². The topological polar surface area (TPSA) is 38.0 Å². The van der Waals surface area contributed by atoms with Gasteiger partial charge in [-0.2, -0.15) is 0 Å². The Labute approximate surface area is 44.4 Å². The summed E-state index contributed by atoms with van der Waals surface area (Å²) in [6.45, 7) is 4.19. The van der Waals surface area contributed by atoms with Crippen LogP contribution < -0.4 is 11.1 Å². The summed E-state index contributed by atoms with van der Waals surface area (Å²) >= 11 is 0. The lowest BCUT2D eigenvalue weighted by molar-refractivity contribution is 0.678. The molecule has 0 amide bonds. The highest BCUT2D eigenvalue weighted by molar-refractivity contribution is 4.84. The van der Waals surface area contributed by atoms with E-state index >= 15 is 0 Å². The van der Waals surface area contributed by atoms with Crippen molar-refractivity contribution >= 4 is 0 Å². The van der Waals surface area contributed by atoms with Crippen LogP contribution in [0.3, 0.4) is 0 Å². The van der Waals surface area contributed by atoms with Crippen molar-refractivity contribution in [1.29, 1.82) is 0 Å². The lowest BCUT2D eigenvalue weighted by atomic mass is 10.3. The van der Waals surface area contributed by atoms with Crippen LogP contribution in [0.1, 0.15) is 0 Å². The maximum absolute atomic E-state index is 5.26. The second kappa shape index (κ2) is 3.84. The Morgan fingerprint density at radius 1 is 2.00 bits per heavy atom. The first kappa shape index (κ1) is 6.66. The number of hydrogen-bond donors (Lipinski definition) is 2. The molecule has 0 saturated carbocycles. The maximum atomic E-state index is 5.26. The molecule has 3 N–H and O–H groups in total. The van der Waals surface area contributed by atoms with E-state index in [1.165, 1.54) is 0 Å². The summed E-state index contributed by atoms with van der Waals surface area (Å²) in [5.74, 6) is 0. The van der Waals surface area contributed by atoms with Crippen LogP contribution in [0, 0.1) is 0 Å². The third-order valence-electron chi connectivity index (χ3n) is 0.909. The van der Waals surface area contributed by atoms with Gasteiger partial charge in [-0.3, -0.25) is 0 Å². The highest BCUT2D eigenvalue weighted by atomic mass is 14.9. The van der Waals surface area contributed by atoms with Crippen molar-refractivity contribution in [3.05, 3.63) is 12.7 Å². The highest BCUT2D eigenvalue weighted by Crippen LogP contribution is 1.74. The van der Waals surface area contributed by atoms with Crippen molar-refractivity contribution in [3.63, 3.8) is 0 Å². The first-order chi connectivity index (χ1) is 3.35. The molecule has 1 atom stereocenters. The predicted octanol–water partition coefficient (Wildman–Crippen LogP) is -0.281. The van der Waals surface area contributed by atoms with Gasteiger partial charge in [0.15, 0.2) is 0 Å². The molecule has 0 rings (SSSR count). The molecule has 0 spiro atoms. The molecule has 0 bridgehead atoms. The zero-order chi connectivity index (χ0) is 5.70. The minimum Gasteiger partial charge on any atom is -0.329 e. The van der Waals surface area contributed by atoms with Gasteiger partial charge in [-0.05, 0) is 7.05 Å². The average molecular weight is 100 g/mol. The molecule has 0 aromatic rings. The molecule has 0 unspecified atom stereocenters. The third-order valence-corrected chi connectivity index (χ3v) is 0.909. The fourth-order valence-corrected chi connectivity index (χ4v) is 0.332. The van der Waals surface area contributed by atoms with Crippen LogP contribution >= 0.6 is 0 Å². The molecular weight excluding hydrogens is 88.1 g/mol. The molecular formula is C5H12N2. The van der Waals surface area contributed by atoms with Crippen LogP contribution in [-0.2, 0) is 0 Å². The first-order valence-electron chi connectivity index (χ1n) is 2.35. The van der Waals surface area contributed by atoms with Crippen LogP contribution in [0.4, 0.5) is 0 Å². The summed E-state index contributed by atoms with van der Waals surface area (Å²) in [4.78, 5) is 0. The van der Waals surface area contributed by atoms with Crippen molar-refractivity contribution < 1.29 is 0 Å². The van der Waals surface area contributed by atoms with Gasteiger partial charge < -0.3 is 11.1 Å². The number of rotatable bonds is 3. The summed E-state index contributed by atoms with van der Waals surface area (Å²) in [6.07, 6.45) is 1.79. The molecule has 2 heteroatoms. The average Bonchev–Trinajstić information content (AvgIpc) is 1.72. The number of likely N-dealkylation sites (N-methyl/N-ethyl adjacent to an activating group) is 1. The Bertz CT molecular complexity index is 48.0. The SMILES string of the molecule is C=C[C@H](CN)NC. The maximum Gasteiger partial charge on any atom is 0.0368 e. The fourth-order valence-electron chi connectivity index (χ4n) is 0.332. The Morgan fingerprint density at radius 3 is 2.57 bits per heavy atom. The molecule has 7 heavy (non-hydrogen) atoms. The van der Waals surface area contributed by atoms with E-state index in [0.717, 1.165) is 0 Å². The molecule has 0 aliphatic rings. The van der Waals surface area contributed by atoms with Crippen molar-refractivity contribution in [2.75, 3.05) is 13.6 Å². The number of nitrogens with one attached hydrogen (secondary N) is 1. The molecule has 0 aliphatic carbocycles. The van der Waals surface area contributed by atoms with Gasteiger partial charge in [0.05, 0.1) is 0 Å². The number of hydrogen-bond acceptors (Lipinski definition) is 2. The Balaban J connectivity index is 3.16. The minimum absolute atomic E-state index is 0.278. The molecule has 2 nitrogen and oxygen atoms in total. The Morgan fingerprint density at radius 2 is 2.57 bits per heavy atom. The Kier molecular flexibility index (Phi) is 3.65. The van der Waals surface area contributed by atoms with Gasteiger partial charge in [0.1, 0.15) is 0 Å². The monoisotopic (exact) mass is 100 g/mol. The van der Waals surface area contributed by atoms with Gasteiger partial charge in [-0.15, -0.1) is 6.58 Å². The van der Waals surface area contributed by atoms with Crippen LogP contribution in [0.5, 0.6) is 0 Å². The van der Waals surface area contributed by atoms with Gasteiger partial charge in [0.2, 0.25) is 0 Å². The number of nitrogens with two attached hydrogens (primary N) is 1. The standard InChI is InChI=1S/C5H12N2/c1-3-5(4-6)7-2/h3,5,7H,1,4,6H2,2H3/t5-/m1/s1. The van der Waals surface area contributed by atoms with E-state index in [2.05, 4.69) is 11.9 Å². The lowest BCUT2D eigenvalue weighted by Crippen LogP contribution is -2.30. The van der Waals surface area contributed by atoms with Gasteiger partial charge in [0.25, 0.3) is 0 Å². The molecule has 0 aromatic carbocycles. The third kappa shape index (κ3) is 2.37. The molecule has 0 heterocycles. The normalized spacial score (nSPS) is 13.4. The molecule has 0 fully saturated rings. The van der Waals surface area contributed by atoms with Crippen LogP contribution in [0.25, 0.3) is 0 Å². The van der Waals surface area contributed by atoms with Crippen molar-refractivity contribution in [1.82, 2.24) is 5.32 Å². The van der Waals surface area contributed by atoms with E-state index < -0.39 is 0 Å². The van der Waals surface area contributed by atoms with Crippen LogP contribution in [-0.4, -0.2) is 19.6 Å².